The molecule has 2 nitrogen and oxygen atoms in total. The van der Waals surface area contributed by atoms with E-state index in [4.69, 9.17) is 4.74 Å². The van der Waals surface area contributed by atoms with Crippen molar-refractivity contribution in [2.75, 3.05) is 6.61 Å². The van der Waals surface area contributed by atoms with E-state index < -0.39 is 0 Å². The van der Waals surface area contributed by atoms with Crippen LogP contribution in [0.4, 0.5) is 0 Å². The predicted octanol–water partition coefficient (Wildman–Crippen LogP) is 3.32. The lowest BCUT2D eigenvalue weighted by molar-refractivity contribution is -0.145. The number of hydrogen-bond acceptors (Lipinski definition) is 2. The zero-order chi connectivity index (χ0) is 11.8. The number of rotatable bonds is 3. The van der Waals surface area contributed by atoms with Crippen molar-refractivity contribution in [2.24, 2.45) is 17.3 Å². The maximum Gasteiger partial charge on any atom is 0.309 e. The van der Waals surface area contributed by atoms with E-state index >= 15 is 0 Å². The van der Waals surface area contributed by atoms with Crippen LogP contribution in [0.2, 0.25) is 0 Å². The second-order valence-corrected chi connectivity index (χ2v) is 5.54. The lowest BCUT2D eigenvalue weighted by Crippen LogP contribution is -2.21. The van der Waals surface area contributed by atoms with Gasteiger partial charge in [0.25, 0.3) is 0 Å². The molecule has 0 radical (unpaired) electrons. The van der Waals surface area contributed by atoms with Crippen LogP contribution < -0.4 is 0 Å². The highest BCUT2D eigenvalue weighted by Gasteiger charge is 2.59. The zero-order valence-electron chi connectivity index (χ0n) is 10.6. The summed E-state index contributed by atoms with van der Waals surface area (Å²) in [4.78, 5) is 11.7. The molecule has 2 unspecified atom stereocenters. The van der Waals surface area contributed by atoms with Crippen LogP contribution in [0.3, 0.4) is 0 Å². The van der Waals surface area contributed by atoms with Gasteiger partial charge in [0.15, 0.2) is 0 Å². The molecule has 0 spiro atoms. The van der Waals surface area contributed by atoms with Crippen LogP contribution in [-0.2, 0) is 9.53 Å². The average molecular weight is 222 g/mol. The standard InChI is InChI=1S/C14H22O2/c1-4-16-13(15)12-9-14(12,3)11-7-5-10(2)6-8-11/h5,11-12H,4,6-9H2,1-3H3/t11-,12?,14?/m1/s1. The van der Waals surface area contributed by atoms with E-state index in [2.05, 4.69) is 19.9 Å². The number of allylic oxidation sites excluding steroid dienone is 2. The molecule has 2 aliphatic carbocycles. The van der Waals surface area contributed by atoms with Crippen LogP contribution in [0.15, 0.2) is 11.6 Å². The number of carbonyl (C=O) groups excluding carboxylic acids is 1. The molecule has 0 heterocycles. The van der Waals surface area contributed by atoms with Gasteiger partial charge in [-0.1, -0.05) is 18.6 Å². The summed E-state index contributed by atoms with van der Waals surface area (Å²) in [5.74, 6) is 0.881. The van der Waals surface area contributed by atoms with Crippen molar-refractivity contribution in [2.45, 2.75) is 46.5 Å². The smallest absolute Gasteiger partial charge is 0.309 e. The largest absolute Gasteiger partial charge is 0.466 e. The Bertz CT molecular complexity index is 319. The van der Waals surface area contributed by atoms with E-state index in [1.54, 1.807) is 0 Å². The molecule has 0 N–H and O–H groups in total. The van der Waals surface area contributed by atoms with Crippen LogP contribution in [0.25, 0.3) is 0 Å². The summed E-state index contributed by atoms with van der Waals surface area (Å²) >= 11 is 0. The molecule has 2 aliphatic rings. The Kier molecular flexibility index (Phi) is 3.09. The van der Waals surface area contributed by atoms with Crippen molar-refractivity contribution in [3.05, 3.63) is 11.6 Å². The minimum Gasteiger partial charge on any atom is -0.466 e. The molecule has 2 rings (SSSR count). The summed E-state index contributed by atoms with van der Waals surface area (Å²) in [6.45, 7) is 6.85. The van der Waals surface area contributed by atoms with Crippen LogP contribution in [0.5, 0.6) is 0 Å². The quantitative estimate of drug-likeness (QED) is 0.541. The Morgan fingerprint density at radius 1 is 1.62 bits per heavy atom. The van der Waals surface area contributed by atoms with Crippen molar-refractivity contribution in [3.63, 3.8) is 0 Å². The molecule has 0 aliphatic heterocycles. The van der Waals surface area contributed by atoms with E-state index in [1.165, 1.54) is 18.4 Å². The summed E-state index contributed by atoms with van der Waals surface area (Å²) in [7, 11) is 0. The van der Waals surface area contributed by atoms with Gasteiger partial charge >= 0.3 is 5.97 Å². The topological polar surface area (TPSA) is 26.3 Å². The van der Waals surface area contributed by atoms with Crippen molar-refractivity contribution in [1.82, 2.24) is 0 Å². The van der Waals surface area contributed by atoms with Gasteiger partial charge in [-0.25, -0.2) is 0 Å². The lowest BCUT2D eigenvalue weighted by Gasteiger charge is -2.27. The van der Waals surface area contributed by atoms with E-state index in [9.17, 15) is 4.79 Å². The molecule has 16 heavy (non-hydrogen) atoms. The second-order valence-electron chi connectivity index (χ2n) is 5.54. The Morgan fingerprint density at radius 3 is 2.94 bits per heavy atom. The minimum atomic E-state index is 0.0243. The molecule has 1 saturated carbocycles. The molecule has 0 aromatic carbocycles. The molecule has 3 atom stereocenters. The minimum absolute atomic E-state index is 0.0243. The van der Waals surface area contributed by atoms with Crippen LogP contribution in [0.1, 0.15) is 46.5 Å². The first-order chi connectivity index (χ1) is 7.58. The van der Waals surface area contributed by atoms with Crippen molar-refractivity contribution in [3.8, 4) is 0 Å². The second kappa shape index (κ2) is 4.23. The predicted molar refractivity (Wildman–Crippen MR) is 63.9 cm³/mol. The summed E-state index contributed by atoms with van der Waals surface area (Å²) in [5.41, 5.74) is 1.73. The lowest BCUT2D eigenvalue weighted by atomic mass is 9.78. The third kappa shape index (κ3) is 2.02. The summed E-state index contributed by atoms with van der Waals surface area (Å²) in [6.07, 6.45) is 6.98. The molecule has 0 bridgehead atoms. The van der Waals surface area contributed by atoms with E-state index in [-0.39, 0.29) is 17.3 Å². The van der Waals surface area contributed by atoms with Crippen molar-refractivity contribution < 1.29 is 9.53 Å². The molecular weight excluding hydrogens is 200 g/mol. The Hall–Kier alpha value is -0.790. The van der Waals surface area contributed by atoms with Crippen LogP contribution in [-0.4, -0.2) is 12.6 Å². The van der Waals surface area contributed by atoms with Gasteiger partial charge in [-0.2, -0.15) is 0 Å². The Morgan fingerprint density at radius 2 is 2.38 bits per heavy atom. The fourth-order valence-corrected chi connectivity index (χ4v) is 2.99. The van der Waals surface area contributed by atoms with Gasteiger partial charge in [0.2, 0.25) is 0 Å². The first kappa shape index (κ1) is 11.7. The monoisotopic (exact) mass is 222 g/mol. The van der Waals surface area contributed by atoms with Crippen molar-refractivity contribution >= 4 is 5.97 Å². The normalized spacial score (nSPS) is 37.8. The summed E-state index contributed by atoms with van der Waals surface area (Å²) in [5, 5.41) is 0. The van der Waals surface area contributed by atoms with E-state index in [0.29, 0.717) is 12.5 Å². The number of ether oxygens (including phenoxy) is 1. The molecule has 90 valence electrons. The number of carbonyl (C=O) groups is 1. The highest BCUT2D eigenvalue weighted by molar-refractivity contribution is 5.77. The van der Waals surface area contributed by atoms with Gasteiger partial charge in [0.1, 0.15) is 0 Å². The maximum atomic E-state index is 11.7. The van der Waals surface area contributed by atoms with Gasteiger partial charge in [-0.15, -0.1) is 0 Å². The third-order valence-corrected chi connectivity index (χ3v) is 4.42. The molecular formula is C14H22O2. The molecule has 0 aromatic rings. The average Bonchev–Trinajstić information content (AvgIpc) is 2.93. The van der Waals surface area contributed by atoms with Gasteiger partial charge in [-0.3, -0.25) is 4.79 Å². The summed E-state index contributed by atoms with van der Waals surface area (Å²) in [6, 6.07) is 0. The van der Waals surface area contributed by atoms with Gasteiger partial charge in [-0.05, 0) is 50.9 Å². The first-order valence-electron chi connectivity index (χ1n) is 6.40. The SMILES string of the molecule is CCOC(=O)C1CC1(C)[C@@H]1CC=C(C)CC1. The molecule has 0 amide bonds. The highest BCUT2D eigenvalue weighted by Crippen LogP contribution is 2.61. The molecule has 1 fully saturated rings. The third-order valence-electron chi connectivity index (χ3n) is 4.42. The fraction of sp³-hybridized carbons (Fsp3) is 0.786. The Balaban J connectivity index is 1.94. The molecule has 0 aromatic heterocycles. The van der Waals surface area contributed by atoms with Gasteiger partial charge < -0.3 is 4.74 Å². The molecule has 0 saturated heterocycles. The fourth-order valence-electron chi connectivity index (χ4n) is 2.99. The highest BCUT2D eigenvalue weighted by atomic mass is 16.5. The summed E-state index contributed by atoms with van der Waals surface area (Å²) < 4.78 is 5.12. The van der Waals surface area contributed by atoms with Crippen LogP contribution >= 0.6 is 0 Å². The maximum absolute atomic E-state index is 11.7. The number of hydrogen-bond donors (Lipinski definition) is 0. The first-order valence-corrected chi connectivity index (χ1v) is 6.40. The van der Waals surface area contributed by atoms with Crippen LogP contribution in [0, 0.1) is 17.3 Å². The molecule has 2 heteroatoms. The number of esters is 1. The van der Waals surface area contributed by atoms with E-state index in [1.807, 2.05) is 6.92 Å². The zero-order valence-corrected chi connectivity index (χ0v) is 10.6. The van der Waals surface area contributed by atoms with Gasteiger partial charge in [0.05, 0.1) is 12.5 Å². The van der Waals surface area contributed by atoms with E-state index in [0.717, 1.165) is 12.8 Å². The van der Waals surface area contributed by atoms with Crippen molar-refractivity contribution in [1.29, 1.82) is 0 Å². The van der Waals surface area contributed by atoms with Gasteiger partial charge in [0, 0.05) is 0 Å². The Labute approximate surface area is 98.1 Å².